The number of carboxylic acid groups (broad SMARTS) is 1. The molecule has 2 N–H and O–H groups in total. The van der Waals surface area contributed by atoms with Crippen LogP contribution in [-0.2, 0) is 20.9 Å². The van der Waals surface area contributed by atoms with Gasteiger partial charge in [-0.25, -0.2) is 0 Å². The molecule has 1 aromatic heterocycles. The number of amides is 2. The molecule has 2 amide bonds. The summed E-state index contributed by atoms with van der Waals surface area (Å²) in [5, 5.41) is 17.3. The average Bonchev–Trinajstić information content (AvgIpc) is 3.21. The molecule has 0 bridgehead atoms. The Hall–Kier alpha value is -2.45. The summed E-state index contributed by atoms with van der Waals surface area (Å²) >= 11 is 0. The number of piperidine rings is 1. The van der Waals surface area contributed by atoms with Gasteiger partial charge in [0.1, 0.15) is 12.7 Å². The molecular formula is C15H23N5O4. The SMILES string of the molecule is CN(C(=O)CCn1cnnc1)[C@H]1C[C@H]2CC(=O)NC[C@H]2C1.O=CO. The molecule has 1 aromatic rings. The lowest BCUT2D eigenvalue weighted by Gasteiger charge is -2.25. The zero-order valence-electron chi connectivity index (χ0n) is 13.7. The van der Waals surface area contributed by atoms with E-state index in [0.29, 0.717) is 31.2 Å². The van der Waals surface area contributed by atoms with Crippen molar-refractivity contribution in [2.75, 3.05) is 13.6 Å². The summed E-state index contributed by atoms with van der Waals surface area (Å²) in [6.07, 6.45) is 6.26. The van der Waals surface area contributed by atoms with Crippen molar-refractivity contribution in [2.24, 2.45) is 11.8 Å². The van der Waals surface area contributed by atoms with Crippen molar-refractivity contribution in [3.05, 3.63) is 12.7 Å². The number of nitrogens with one attached hydrogen (secondary N) is 1. The molecule has 2 fully saturated rings. The number of rotatable bonds is 4. The minimum absolute atomic E-state index is 0.145. The van der Waals surface area contributed by atoms with Crippen LogP contribution < -0.4 is 5.32 Å². The molecule has 0 unspecified atom stereocenters. The van der Waals surface area contributed by atoms with Crippen LogP contribution in [0.1, 0.15) is 25.7 Å². The molecule has 9 nitrogen and oxygen atoms in total. The van der Waals surface area contributed by atoms with Crippen molar-refractivity contribution in [2.45, 2.75) is 38.3 Å². The quantitative estimate of drug-likeness (QED) is 0.731. The number of aromatic nitrogens is 3. The van der Waals surface area contributed by atoms with Gasteiger partial charge in [0.05, 0.1) is 0 Å². The number of fused-ring (bicyclic) bond motifs is 1. The van der Waals surface area contributed by atoms with E-state index in [2.05, 4.69) is 15.5 Å². The normalized spacial score (nSPS) is 25.0. The molecule has 2 heterocycles. The highest BCUT2D eigenvalue weighted by Gasteiger charge is 2.40. The molecule has 1 aliphatic heterocycles. The van der Waals surface area contributed by atoms with Crippen molar-refractivity contribution in [3.63, 3.8) is 0 Å². The van der Waals surface area contributed by atoms with E-state index < -0.39 is 0 Å². The lowest BCUT2D eigenvalue weighted by molar-refractivity contribution is -0.132. The molecule has 1 saturated carbocycles. The van der Waals surface area contributed by atoms with Crippen molar-refractivity contribution in [1.82, 2.24) is 25.0 Å². The number of carbonyl (C=O) groups is 3. The first-order chi connectivity index (χ1) is 11.5. The summed E-state index contributed by atoms with van der Waals surface area (Å²) in [5.74, 6) is 1.27. The molecule has 3 rings (SSSR count). The van der Waals surface area contributed by atoms with Gasteiger partial charge in [-0.2, -0.15) is 0 Å². The van der Waals surface area contributed by atoms with E-state index in [-0.39, 0.29) is 24.3 Å². The molecule has 24 heavy (non-hydrogen) atoms. The number of hydrogen-bond acceptors (Lipinski definition) is 5. The lowest BCUT2D eigenvalue weighted by Crippen LogP contribution is -2.38. The second-order valence-electron chi connectivity index (χ2n) is 6.21. The highest BCUT2D eigenvalue weighted by molar-refractivity contribution is 5.77. The Morgan fingerprint density at radius 1 is 1.42 bits per heavy atom. The average molecular weight is 337 g/mol. The van der Waals surface area contributed by atoms with Crippen LogP contribution in [-0.4, -0.2) is 62.7 Å². The van der Waals surface area contributed by atoms with Gasteiger partial charge in [-0.05, 0) is 24.7 Å². The second kappa shape index (κ2) is 8.42. The van der Waals surface area contributed by atoms with Crippen LogP contribution >= 0.6 is 0 Å². The molecule has 0 spiro atoms. The smallest absolute Gasteiger partial charge is 0.290 e. The summed E-state index contributed by atoms with van der Waals surface area (Å²) in [4.78, 5) is 34.0. The highest BCUT2D eigenvalue weighted by Crippen LogP contribution is 2.38. The van der Waals surface area contributed by atoms with Crippen LogP contribution in [0, 0.1) is 11.8 Å². The van der Waals surface area contributed by atoms with E-state index in [9.17, 15) is 9.59 Å². The number of carbonyl (C=O) groups excluding carboxylic acids is 2. The van der Waals surface area contributed by atoms with Crippen molar-refractivity contribution < 1.29 is 19.5 Å². The highest BCUT2D eigenvalue weighted by atomic mass is 16.3. The third kappa shape index (κ3) is 4.53. The van der Waals surface area contributed by atoms with Gasteiger partial charge in [0, 0.05) is 39.0 Å². The van der Waals surface area contributed by atoms with Gasteiger partial charge >= 0.3 is 0 Å². The molecule has 1 aliphatic carbocycles. The van der Waals surface area contributed by atoms with Gasteiger partial charge in [0.25, 0.3) is 6.47 Å². The zero-order chi connectivity index (χ0) is 17.5. The summed E-state index contributed by atoms with van der Waals surface area (Å²) < 4.78 is 1.81. The predicted molar refractivity (Wildman–Crippen MR) is 83.7 cm³/mol. The van der Waals surface area contributed by atoms with E-state index in [1.807, 2.05) is 16.5 Å². The first-order valence-electron chi connectivity index (χ1n) is 7.97. The predicted octanol–water partition coefficient (Wildman–Crippen LogP) is -0.258. The molecule has 0 aromatic carbocycles. The molecule has 9 heteroatoms. The minimum atomic E-state index is -0.250. The van der Waals surface area contributed by atoms with Crippen LogP contribution in [0.5, 0.6) is 0 Å². The third-order valence-electron chi connectivity index (χ3n) is 4.82. The maximum absolute atomic E-state index is 12.3. The summed E-state index contributed by atoms with van der Waals surface area (Å²) in [6, 6.07) is 0.265. The minimum Gasteiger partial charge on any atom is -0.483 e. The third-order valence-corrected chi connectivity index (χ3v) is 4.82. The lowest BCUT2D eigenvalue weighted by atomic mass is 9.89. The first kappa shape index (κ1) is 17.9. The fourth-order valence-electron chi connectivity index (χ4n) is 3.49. The molecule has 132 valence electrons. The van der Waals surface area contributed by atoms with Crippen molar-refractivity contribution >= 4 is 18.3 Å². The number of aryl methyl sites for hydroxylation is 1. The van der Waals surface area contributed by atoms with Crippen LogP contribution in [0.3, 0.4) is 0 Å². The molecule has 2 aliphatic rings. The van der Waals surface area contributed by atoms with Gasteiger partial charge in [0.2, 0.25) is 11.8 Å². The Bertz CT molecular complexity index is 562. The van der Waals surface area contributed by atoms with E-state index in [1.165, 1.54) is 0 Å². The fraction of sp³-hybridized carbons (Fsp3) is 0.667. The molecular weight excluding hydrogens is 314 g/mol. The summed E-state index contributed by atoms with van der Waals surface area (Å²) in [6.45, 7) is 1.12. The van der Waals surface area contributed by atoms with Gasteiger partial charge in [-0.3, -0.25) is 14.4 Å². The maximum atomic E-state index is 12.3. The van der Waals surface area contributed by atoms with Gasteiger partial charge < -0.3 is 19.9 Å². The van der Waals surface area contributed by atoms with Gasteiger partial charge in [-0.1, -0.05) is 0 Å². The molecule has 3 atom stereocenters. The first-order valence-corrected chi connectivity index (χ1v) is 7.97. The fourth-order valence-corrected chi connectivity index (χ4v) is 3.49. The Morgan fingerprint density at radius 3 is 2.71 bits per heavy atom. The molecule has 0 radical (unpaired) electrons. The summed E-state index contributed by atoms with van der Waals surface area (Å²) in [5.41, 5.74) is 0. The van der Waals surface area contributed by atoms with Crippen LogP contribution in [0.2, 0.25) is 0 Å². The van der Waals surface area contributed by atoms with E-state index in [1.54, 1.807) is 12.7 Å². The van der Waals surface area contributed by atoms with E-state index in [4.69, 9.17) is 9.90 Å². The Kier molecular flexibility index (Phi) is 6.28. The largest absolute Gasteiger partial charge is 0.483 e. The van der Waals surface area contributed by atoms with Crippen LogP contribution in [0.4, 0.5) is 0 Å². The topological polar surface area (TPSA) is 117 Å². The second-order valence-corrected chi connectivity index (χ2v) is 6.21. The summed E-state index contributed by atoms with van der Waals surface area (Å²) in [7, 11) is 1.88. The number of hydrogen-bond donors (Lipinski definition) is 2. The molecule has 1 saturated heterocycles. The Morgan fingerprint density at radius 2 is 2.04 bits per heavy atom. The van der Waals surface area contributed by atoms with Crippen molar-refractivity contribution in [3.8, 4) is 0 Å². The maximum Gasteiger partial charge on any atom is 0.290 e. The van der Waals surface area contributed by atoms with E-state index in [0.717, 1.165) is 19.4 Å². The zero-order valence-corrected chi connectivity index (χ0v) is 13.7. The Labute approximate surface area is 140 Å². The number of nitrogens with zero attached hydrogens (tertiary/aromatic N) is 4. The van der Waals surface area contributed by atoms with E-state index >= 15 is 0 Å². The van der Waals surface area contributed by atoms with Gasteiger partial charge in [-0.15, -0.1) is 10.2 Å². The van der Waals surface area contributed by atoms with Crippen molar-refractivity contribution in [1.29, 1.82) is 0 Å². The standard InChI is InChI=1S/C14H21N5O2.CH2O2/c1-18(14(21)2-3-19-8-16-17-9-19)12-4-10-6-13(20)15-7-11(10)5-12;2-1-3/h8-12H,2-7H2,1H3,(H,15,20);1H,(H,2,3)/t10-,11+,12-;/m0./s1. The van der Waals surface area contributed by atoms with Crippen LogP contribution in [0.15, 0.2) is 12.7 Å². The van der Waals surface area contributed by atoms with Crippen LogP contribution in [0.25, 0.3) is 0 Å². The Balaban J connectivity index is 0.000000647. The van der Waals surface area contributed by atoms with Gasteiger partial charge in [0.15, 0.2) is 0 Å². The monoisotopic (exact) mass is 337 g/mol.